The van der Waals surface area contributed by atoms with E-state index >= 15 is 0 Å². The zero-order valence-electron chi connectivity index (χ0n) is 17.7. The third-order valence-corrected chi connectivity index (χ3v) is 5.60. The Labute approximate surface area is 188 Å². The molecule has 13 heteroatoms. The molecule has 0 spiro atoms. The molecule has 33 heavy (non-hydrogen) atoms. The molecule has 2 aliphatic rings. The highest BCUT2D eigenvalue weighted by Gasteiger charge is 2.48. The molecule has 0 bridgehead atoms. The first-order valence-corrected chi connectivity index (χ1v) is 10.3. The van der Waals surface area contributed by atoms with Crippen molar-refractivity contribution in [1.29, 1.82) is 0 Å². The molecule has 0 unspecified atom stereocenters. The molecule has 2 fully saturated rings. The van der Waals surface area contributed by atoms with E-state index in [0.717, 1.165) is 0 Å². The molecule has 2 heterocycles. The zero-order chi connectivity index (χ0) is 24.3. The number of benzene rings is 1. The van der Waals surface area contributed by atoms with Crippen LogP contribution in [0.5, 0.6) is 5.75 Å². The second kappa shape index (κ2) is 11.3. The van der Waals surface area contributed by atoms with E-state index in [-0.39, 0.29) is 0 Å². The van der Waals surface area contributed by atoms with E-state index in [9.17, 15) is 40.9 Å². The van der Waals surface area contributed by atoms with Crippen molar-refractivity contribution >= 4 is 0 Å². The fraction of sp³-hybridized carbons (Fsp3) is 0.700. The first-order valence-electron chi connectivity index (χ1n) is 10.3. The predicted octanol–water partition coefficient (Wildman–Crippen LogP) is -3.67. The number of methoxy groups -OCH3 is 1. The third kappa shape index (κ3) is 5.62. The maximum absolute atomic E-state index is 10.3. The van der Waals surface area contributed by atoms with E-state index in [0.29, 0.717) is 11.3 Å². The van der Waals surface area contributed by atoms with Crippen LogP contribution in [0.2, 0.25) is 0 Å². The van der Waals surface area contributed by atoms with Gasteiger partial charge in [-0.25, -0.2) is 0 Å². The smallest absolute Gasteiger partial charge is 0.190 e. The Morgan fingerprint density at radius 1 is 0.697 bits per heavy atom. The van der Waals surface area contributed by atoms with Crippen LogP contribution in [0, 0.1) is 0 Å². The van der Waals surface area contributed by atoms with E-state index in [1.807, 2.05) is 0 Å². The lowest BCUT2D eigenvalue weighted by Gasteiger charge is -2.43. The fourth-order valence-corrected chi connectivity index (χ4v) is 3.55. The summed E-state index contributed by atoms with van der Waals surface area (Å²) >= 11 is 0. The molecule has 3 rings (SSSR count). The van der Waals surface area contributed by atoms with Crippen molar-refractivity contribution in [3.63, 3.8) is 0 Å². The molecule has 2 saturated heterocycles. The summed E-state index contributed by atoms with van der Waals surface area (Å²) in [5.74, 6) is 0.498. The Morgan fingerprint density at radius 2 is 1.12 bits per heavy atom. The van der Waals surface area contributed by atoms with Crippen LogP contribution in [-0.2, 0) is 18.9 Å². The summed E-state index contributed by atoms with van der Waals surface area (Å²) in [6.45, 7) is -1.35. The number of hydrogen-bond acceptors (Lipinski definition) is 13. The normalized spacial score (nSPS) is 39.6. The average molecular weight is 478 g/mol. The molecule has 10 atom stereocenters. The molecular weight excluding hydrogens is 448 g/mol. The van der Waals surface area contributed by atoms with Crippen molar-refractivity contribution in [3.05, 3.63) is 29.8 Å². The highest BCUT2D eigenvalue weighted by atomic mass is 16.8. The highest BCUT2D eigenvalue weighted by Crippen LogP contribution is 2.32. The Kier molecular flexibility index (Phi) is 8.96. The highest BCUT2D eigenvalue weighted by molar-refractivity contribution is 5.28. The number of hydrogen-bond donors (Lipinski definition) is 8. The van der Waals surface area contributed by atoms with Crippen LogP contribution in [0.25, 0.3) is 0 Å². The van der Waals surface area contributed by atoms with Crippen molar-refractivity contribution in [2.24, 2.45) is 0 Å². The van der Waals surface area contributed by atoms with Crippen molar-refractivity contribution in [3.8, 4) is 5.75 Å². The number of aliphatic hydroxyl groups is 8. The van der Waals surface area contributed by atoms with Gasteiger partial charge in [-0.2, -0.15) is 0 Å². The minimum Gasteiger partial charge on any atom is -0.497 e. The lowest BCUT2D eigenvalue weighted by atomic mass is 9.99. The lowest BCUT2D eigenvalue weighted by molar-refractivity contribution is -0.381. The monoisotopic (exact) mass is 478 g/mol. The minimum absolute atomic E-state index is 0.310. The van der Waals surface area contributed by atoms with Gasteiger partial charge in [0, 0.05) is 5.56 Å². The van der Waals surface area contributed by atoms with Crippen molar-refractivity contribution < 1.29 is 64.5 Å². The summed E-state index contributed by atoms with van der Waals surface area (Å²) in [5, 5.41) is 79.4. The largest absolute Gasteiger partial charge is 0.497 e. The molecule has 2 aliphatic heterocycles. The third-order valence-electron chi connectivity index (χ3n) is 5.60. The maximum Gasteiger partial charge on any atom is 0.190 e. The quantitative estimate of drug-likeness (QED) is 0.170. The van der Waals surface area contributed by atoms with Crippen LogP contribution >= 0.6 is 0 Å². The van der Waals surface area contributed by atoms with Gasteiger partial charge in [0.15, 0.2) is 18.9 Å². The summed E-state index contributed by atoms with van der Waals surface area (Å²) in [6, 6.07) is 6.18. The van der Waals surface area contributed by atoms with Gasteiger partial charge in [0.05, 0.1) is 20.3 Å². The second-order valence-corrected chi connectivity index (χ2v) is 7.77. The molecule has 0 aliphatic carbocycles. The second-order valence-electron chi connectivity index (χ2n) is 7.77. The van der Waals surface area contributed by atoms with Gasteiger partial charge in [-0.1, -0.05) is 12.1 Å². The van der Waals surface area contributed by atoms with Gasteiger partial charge in [0.2, 0.25) is 0 Å². The maximum atomic E-state index is 10.3. The van der Waals surface area contributed by atoms with Gasteiger partial charge < -0.3 is 64.5 Å². The molecule has 8 N–H and O–H groups in total. The van der Waals surface area contributed by atoms with E-state index in [2.05, 4.69) is 0 Å². The van der Waals surface area contributed by atoms with Crippen molar-refractivity contribution in [1.82, 2.24) is 0 Å². The standard InChI is InChI=1S/C20H30O13/c1-29-9-4-2-8(3-5-9)18(32-19-16(27)14(25)12(23)10(6-21)30-19)33-20-17(28)15(26)13(24)11(7-22)31-20/h2-5,10-28H,6-7H2,1H3/t10-,11-,12-,13-,14+,15+,16+,17+,19-,20-/m1/s1. The molecule has 1 aromatic rings. The van der Waals surface area contributed by atoms with Crippen molar-refractivity contribution in [2.45, 2.75) is 67.7 Å². The molecule has 0 aromatic heterocycles. The van der Waals surface area contributed by atoms with Crippen LogP contribution < -0.4 is 4.74 Å². The van der Waals surface area contributed by atoms with Gasteiger partial charge in [-0.3, -0.25) is 0 Å². The van der Waals surface area contributed by atoms with Crippen LogP contribution in [0.4, 0.5) is 0 Å². The lowest BCUT2D eigenvalue weighted by Crippen LogP contribution is -2.60. The number of aliphatic hydroxyl groups excluding tert-OH is 8. The van der Waals surface area contributed by atoms with Crippen molar-refractivity contribution in [2.75, 3.05) is 20.3 Å². The zero-order valence-corrected chi connectivity index (χ0v) is 17.7. The number of ether oxygens (including phenoxy) is 5. The first-order chi connectivity index (χ1) is 15.7. The molecule has 1 aromatic carbocycles. The molecular formula is C20H30O13. The van der Waals surface area contributed by atoms with Gasteiger partial charge >= 0.3 is 0 Å². The van der Waals surface area contributed by atoms with Gasteiger partial charge in [0.25, 0.3) is 0 Å². The van der Waals surface area contributed by atoms with Gasteiger partial charge in [-0.05, 0) is 12.1 Å². The molecule has 0 amide bonds. The fourth-order valence-electron chi connectivity index (χ4n) is 3.55. The summed E-state index contributed by atoms with van der Waals surface area (Å²) in [7, 11) is 1.46. The van der Waals surface area contributed by atoms with Crippen LogP contribution in [-0.4, -0.2) is 123 Å². The average Bonchev–Trinajstić information content (AvgIpc) is 2.83. The summed E-state index contributed by atoms with van der Waals surface area (Å²) in [6.07, 6.45) is -17.2. The topological polar surface area (TPSA) is 208 Å². The van der Waals surface area contributed by atoms with E-state index in [1.165, 1.54) is 19.2 Å². The Morgan fingerprint density at radius 3 is 1.48 bits per heavy atom. The Bertz CT molecular complexity index is 691. The van der Waals surface area contributed by atoms with Gasteiger partial charge in [0.1, 0.15) is 54.6 Å². The molecule has 0 radical (unpaired) electrons. The summed E-state index contributed by atoms with van der Waals surface area (Å²) < 4.78 is 27.2. The Hall–Kier alpha value is -1.46. The Balaban J connectivity index is 1.85. The minimum atomic E-state index is -1.73. The summed E-state index contributed by atoms with van der Waals surface area (Å²) in [4.78, 5) is 0. The first kappa shape index (κ1) is 26.2. The van der Waals surface area contributed by atoms with Crippen LogP contribution in [0.1, 0.15) is 11.9 Å². The molecule has 13 nitrogen and oxygen atoms in total. The molecule has 188 valence electrons. The van der Waals surface area contributed by atoms with Crippen LogP contribution in [0.3, 0.4) is 0 Å². The summed E-state index contributed by atoms with van der Waals surface area (Å²) in [5.41, 5.74) is 0.310. The SMILES string of the molecule is COc1ccc(C(O[C@H]2O[C@H](CO)[C@@H](O)[C@H](O)[C@@H]2O)O[C@H]2O[C@H](CO)[C@@H](O)[C@H](O)[C@@H]2O)cc1. The van der Waals surface area contributed by atoms with E-state index in [4.69, 9.17) is 23.7 Å². The van der Waals surface area contributed by atoms with E-state index in [1.54, 1.807) is 12.1 Å². The van der Waals surface area contributed by atoms with Crippen LogP contribution in [0.15, 0.2) is 24.3 Å². The van der Waals surface area contributed by atoms with E-state index < -0.39 is 80.9 Å². The predicted molar refractivity (Wildman–Crippen MR) is 105 cm³/mol. The van der Waals surface area contributed by atoms with Gasteiger partial charge in [-0.15, -0.1) is 0 Å². The molecule has 0 saturated carbocycles. The number of rotatable bonds is 8.